The van der Waals surface area contributed by atoms with E-state index in [0.717, 1.165) is 17.0 Å². The van der Waals surface area contributed by atoms with Gasteiger partial charge >= 0.3 is 5.97 Å². The molecule has 0 fully saturated rings. The largest absolute Gasteiger partial charge is 0.461 e. The van der Waals surface area contributed by atoms with E-state index < -0.39 is 5.97 Å². The maximum Gasteiger partial charge on any atom is 0.360 e. The topological polar surface area (TPSA) is 78.1 Å². The fraction of sp³-hybridized carbons (Fsp3) is 0.200. The molecule has 3 aromatic heterocycles. The lowest BCUT2D eigenvalue weighted by Gasteiger charge is -1.99. The van der Waals surface area contributed by atoms with Crippen LogP contribution in [0.3, 0.4) is 0 Å². The van der Waals surface area contributed by atoms with Crippen LogP contribution < -0.4 is 0 Å². The normalized spacial score (nSPS) is 10.6. The molecule has 0 bridgehead atoms. The first-order chi connectivity index (χ1) is 10.8. The van der Waals surface area contributed by atoms with Crippen molar-refractivity contribution in [3.05, 3.63) is 52.8 Å². The molecule has 0 saturated carbocycles. The molecule has 7 heteroatoms. The molecule has 0 aromatic carbocycles. The third kappa shape index (κ3) is 3.20. The van der Waals surface area contributed by atoms with E-state index in [-0.39, 0.29) is 5.69 Å². The molecular formula is C15H13N3O3S. The molecule has 0 saturated heterocycles. The number of aromatic nitrogens is 3. The Morgan fingerprint density at radius 3 is 2.95 bits per heavy atom. The zero-order valence-electron chi connectivity index (χ0n) is 11.9. The Morgan fingerprint density at radius 1 is 1.36 bits per heavy atom. The first kappa shape index (κ1) is 14.4. The molecule has 3 heterocycles. The lowest BCUT2D eigenvalue weighted by molar-refractivity contribution is 0.0519. The van der Waals surface area contributed by atoms with E-state index in [2.05, 4.69) is 15.0 Å². The molecule has 0 unspecified atom stereocenters. The number of carbonyl (C=O) groups excluding carboxylic acids is 1. The standard InChI is InChI=1S/C15H13N3O3S/c1-2-20-15(19)12-7-21-14(18-12)5-11-4-3-10(6-16-11)13-8-22-9-17-13/h3-4,6-9H,2,5H2,1H3. The Kier molecular flexibility index (Phi) is 4.24. The monoisotopic (exact) mass is 315 g/mol. The molecule has 0 amide bonds. The van der Waals surface area contributed by atoms with E-state index in [4.69, 9.17) is 9.15 Å². The molecule has 0 atom stereocenters. The summed E-state index contributed by atoms with van der Waals surface area (Å²) in [7, 11) is 0. The molecule has 3 aromatic rings. The smallest absolute Gasteiger partial charge is 0.360 e. The summed E-state index contributed by atoms with van der Waals surface area (Å²) in [5.41, 5.74) is 4.63. The molecule has 0 aliphatic carbocycles. The van der Waals surface area contributed by atoms with E-state index in [0.29, 0.717) is 18.9 Å². The Labute approximate surface area is 130 Å². The minimum Gasteiger partial charge on any atom is -0.461 e. The summed E-state index contributed by atoms with van der Waals surface area (Å²) < 4.78 is 10.1. The molecule has 22 heavy (non-hydrogen) atoms. The van der Waals surface area contributed by atoms with Crippen LogP contribution in [0, 0.1) is 0 Å². The number of esters is 1. The number of nitrogens with zero attached hydrogens (tertiary/aromatic N) is 3. The van der Waals surface area contributed by atoms with Crippen molar-refractivity contribution >= 4 is 17.3 Å². The number of hydrogen-bond acceptors (Lipinski definition) is 7. The van der Waals surface area contributed by atoms with Crippen molar-refractivity contribution in [1.29, 1.82) is 0 Å². The Hall–Kier alpha value is -2.54. The van der Waals surface area contributed by atoms with Crippen LogP contribution in [0.1, 0.15) is 29.0 Å². The van der Waals surface area contributed by atoms with E-state index in [1.54, 1.807) is 30.0 Å². The van der Waals surface area contributed by atoms with Gasteiger partial charge in [0, 0.05) is 22.8 Å². The fourth-order valence-corrected chi connectivity index (χ4v) is 2.44. The molecule has 3 rings (SSSR count). The summed E-state index contributed by atoms with van der Waals surface area (Å²) >= 11 is 1.54. The Bertz CT molecular complexity index is 751. The van der Waals surface area contributed by atoms with Crippen LogP contribution in [0.15, 0.2) is 39.9 Å². The number of hydrogen-bond donors (Lipinski definition) is 0. The molecule has 6 nitrogen and oxygen atoms in total. The second-order valence-electron chi connectivity index (χ2n) is 4.44. The van der Waals surface area contributed by atoms with Crippen molar-refractivity contribution in [2.75, 3.05) is 6.61 Å². The van der Waals surface area contributed by atoms with Crippen LogP contribution in [0.5, 0.6) is 0 Å². The first-order valence-electron chi connectivity index (χ1n) is 6.71. The highest BCUT2D eigenvalue weighted by Crippen LogP contribution is 2.18. The van der Waals surface area contributed by atoms with Crippen LogP contribution >= 0.6 is 11.3 Å². The molecule has 0 radical (unpaired) electrons. The van der Waals surface area contributed by atoms with Gasteiger partial charge in [-0.3, -0.25) is 4.98 Å². The second-order valence-corrected chi connectivity index (χ2v) is 5.15. The van der Waals surface area contributed by atoms with Gasteiger partial charge in [-0.2, -0.15) is 0 Å². The maximum atomic E-state index is 11.5. The highest BCUT2D eigenvalue weighted by molar-refractivity contribution is 7.07. The summed E-state index contributed by atoms with van der Waals surface area (Å²) in [6.45, 7) is 2.05. The van der Waals surface area contributed by atoms with Crippen molar-refractivity contribution in [1.82, 2.24) is 15.0 Å². The van der Waals surface area contributed by atoms with Gasteiger partial charge in [0.15, 0.2) is 5.69 Å². The van der Waals surface area contributed by atoms with Crippen LogP contribution in [0.4, 0.5) is 0 Å². The van der Waals surface area contributed by atoms with Crippen molar-refractivity contribution in [3.8, 4) is 11.3 Å². The van der Waals surface area contributed by atoms with Crippen molar-refractivity contribution in [3.63, 3.8) is 0 Å². The van der Waals surface area contributed by atoms with Gasteiger partial charge in [-0.25, -0.2) is 14.8 Å². The lowest BCUT2D eigenvalue weighted by Crippen LogP contribution is -2.05. The third-order valence-corrected chi connectivity index (χ3v) is 3.51. The van der Waals surface area contributed by atoms with Gasteiger partial charge in [-0.05, 0) is 19.1 Å². The van der Waals surface area contributed by atoms with Gasteiger partial charge in [-0.1, -0.05) is 0 Å². The van der Waals surface area contributed by atoms with Crippen molar-refractivity contribution in [2.24, 2.45) is 0 Å². The first-order valence-corrected chi connectivity index (χ1v) is 7.65. The summed E-state index contributed by atoms with van der Waals surface area (Å²) in [6, 6.07) is 3.84. The zero-order valence-corrected chi connectivity index (χ0v) is 12.7. The average Bonchev–Trinajstić information content (AvgIpc) is 3.19. The summed E-state index contributed by atoms with van der Waals surface area (Å²) in [4.78, 5) is 24.2. The van der Waals surface area contributed by atoms with Crippen LogP contribution in [-0.4, -0.2) is 27.5 Å². The molecule has 0 aliphatic rings. The van der Waals surface area contributed by atoms with Gasteiger partial charge in [0.2, 0.25) is 5.89 Å². The number of oxazole rings is 1. The van der Waals surface area contributed by atoms with Crippen LogP contribution in [0.25, 0.3) is 11.3 Å². The molecule has 0 aliphatic heterocycles. The van der Waals surface area contributed by atoms with Crippen LogP contribution in [0.2, 0.25) is 0 Å². The quantitative estimate of drug-likeness (QED) is 0.674. The number of thiazole rings is 1. The highest BCUT2D eigenvalue weighted by Gasteiger charge is 2.13. The number of carbonyl (C=O) groups is 1. The Balaban J connectivity index is 1.70. The zero-order chi connectivity index (χ0) is 15.4. The van der Waals surface area contributed by atoms with E-state index in [1.165, 1.54) is 6.26 Å². The van der Waals surface area contributed by atoms with Crippen molar-refractivity contribution in [2.45, 2.75) is 13.3 Å². The van der Waals surface area contributed by atoms with Crippen LogP contribution in [-0.2, 0) is 11.2 Å². The van der Waals surface area contributed by atoms with Crippen molar-refractivity contribution < 1.29 is 13.9 Å². The summed E-state index contributed by atoms with van der Waals surface area (Å²) in [6.07, 6.45) is 3.48. The van der Waals surface area contributed by atoms with E-state index in [1.807, 2.05) is 17.5 Å². The highest BCUT2D eigenvalue weighted by atomic mass is 32.1. The molecular weight excluding hydrogens is 302 g/mol. The SMILES string of the molecule is CCOC(=O)c1coc(Cc2ccc(-c3cscn3)cn2)n1. The fourth-order valence-electron chi connectivity index (χ4n) is 1.88. The summed E-state index contributed by atoms with van der Waals surface area (Å²) in [5, 5.41) is 1.97. The number of rotatable bonds is 5. The van der Waals surface area contributed by atoms with E-state index in [9.17, 15) is 4.79 Å². The van der Waals surface area contributed by atoms with Gasteiger partial charge < -0.3 is 9.15 Å². The molecule has 0 spiro atoms. The second kappa shape index (κ2) is 6.48. The third-order valence-electron chi connectivity index (χ3n) is 2.92. The summed E-state index contributed by atoms with van der Waals surface area (Å²) in [5.74, 6) is -0.0544. The average molecular weight is 315 g/mol. The predicted molar refractivity (Wildman–Crippen MR) is 80.6 cm³/mol. The van der Waals surface area contributed by atoms with Gasteiger partial charge in [0.05, 0.1) is 24.2 Å². The molecule has 112 valence electrons. The Morgan fingerprint density at radius 2 is 2.27 bits per heavy atom. The molecule has 0 N–H and O–H groups in total. The van der Waals surface area contributed by atoms with E-state index >= 15 is 0 Å². The van der Waals surface area contributed by atoms with Gasteiger partial charge in [0.25, 0.3) is 0 Å². The minimum atomic E-state index is -0.482. The number of ether oxygens (including phenoxy) is 1. The minimum absolute atomic E-state index is 0.177. The van der Waals surface area contributed by atoms with Gasteiger partial charge in [-0.15, -0.1) is 11.3 Å². The maximum absolute atomic E-state index is 11.5. The lowest BCUT2D eigenvalue weighted by atomic mass is 10.2. The van der Waals surface area contributed by atoms with Gasteiger partial charge in [0.1, 0.15) is 6.26 Å². The number of pyridine rings is 1. The predicted octanol–water partition coefficient (Wildman–Crippen LogP) is 2.96.